The highest BCUT2D eigenvalue weighted by atomic mass is 16.1. The van der Waals surface area contributed by atoms with Gasteiger partial charge in [0.15, 0.2) is 5.78 Å². The summed E-state index contributed by atoms with van der Waals surface area (Å²) in [5.74, 6) is 0.478. The summed E-state index contributed by atoms with van der Waals surface area (Å²) in [7, 11) is 0. The quantitative estimate of drug-likeness (QED) is 0.709. The molecule has 0 aromatic rings. The van der Waals surface area contributed by atoms with Gasteiger partial charge in [-0.3, -0.25) is 9.59 Å². The number of allylic oxidation sites excluding steroid dienone is 3. The van der Waals surface area contributed by atoms with Crippen molar-refractivity contribution in [2.24, 2.45) is 11.3 Å². The van der Waals surface area contributed by atoms with Crippen LogP contribution >= 0.6 is 0 Å². The number of nitrogens with one attached hydrogen (secondary N) is 1. The van der Waals surface area contributed by atoms with Crippen molar-refractivity contribution in [3.63, 3.8) is 0 Å². The zero-order valence-electron chi connectivity index (χ0n) is 11.0. The number of piperidine rings is 1. The minimum Gasteiger partial charge on any atom is -0.387 e. The van der Waals surface area contributed by atoms with Crippen LogP contribution in [0.25, 0.3) is 0 Å². The van der Waals surface area contributed by atoms with Crippen LogP contribution in [0.5, 0.6) is 0 Å². The van der Waals surface area contributed by atoms with Gasteiger partial charge in [-0.25, -0.2) is 0 Å². The van der Waals surface area contributed by atoms with Gasteiger partial charge in [-0.2, -0.15) is 0 Å². The second-order valence-electron chi connectivity index (χ2n) is 3.93. The second-order valence-corrected chi connectivity index (χ2v) is 3.93. The van der Waals surface area contributed by atoms with Gasteiger partial charge in [0, 0.05) is 29.3 Å². The predicted octanol–water partition coefficient (Wildman–Crippen LogP) is 2.24. The molecule has 3 heteroatoms. The number of hydrogen-bond acceptors (Lipinski definition) is 3. The van der Waals surface area contributed by atoms with Crippen LogP contribution in [0.3, 0.4) is 0 Å². The molecular weight excluding hydrogens is 214 g/mol. The van der Waals surface area contributed by atoms with Crippen LogP contribution in [-0.2, 0) is 9.59 Å². The van der Waals surface area contributed by atoms with Gasteiger partial charge in [-0.05, 0) is 18.4 Å². The Hall–Kier alpha value is -1.38. The SMILES string of the molecule is CC.CC.O=CC1=CC(=O)C=C2NCC3CC123. The predicted molar refractivity (Wildman–Crippen MR) is 68.5 cm³/mol. The first kappa shape index (κ1) is 13.7. The topological polar surface area (TPSA) is 46.2 Å². The van der Waals surface area contributed by atoms with Gasteiger partial charge < -0.3 is 5.32 Å². The Labute approximate surface area is 103 Å². The summed E-state index contributed by atoms with van der Waals surface area (Å²) in [6.07, 6.45) is 4.96. The number of carbonyl (C=O) groups excluding carboxylic acids is 2. The monoisotopic (exact) mass is 235 g/mol. The smallest absolute Gasteiger partial charge is 0.180 e. The molecule has 17 heavy (non-hydrogen) atoms. The van der Waals surface area contributed by atoms with E-state index in [0.717, 1.165) is 24.9 Å². The summed E-state index contributed by atoms with van der Waals surface area (Å²) in [4.78, 5) is 22.0. The fourth-order valence-electron chi connectivity index (χ4n) is 2.59. The Morgan fingerprint density at radius 3 is 2.47 bits per heavy atom. The van der Waals surface area contributed by atoms with Gasteiger partial charge in [0.25, 0.3) is 0 Å². The van der Waals surface area contributed by atoms with Crippen LogP contribution in [0.1, 0.15) is 34.1 Å². The highest BCUT2D eigenvalue weighted by Crippen LogP contribution is 2.65. The fourth-order valence-corrected chi connectivity index (χ4v) is 2.59. The van der Waals surface area contributed by atoms with E-state index in [9.17, 15) is 9.59 Å². The summed E-state index contributed by atoms with van der Waals surface area (Å²) in [6, 6.07) is 0. The molecule has 3 rings (SSSR count). The van der Waals surface area contributed by atoms with Gasteiger partial charge >= 0.3 is 0 Å². The molecule has 1 aliphatic heterocycles. The van der Waals surface area contributed by atoms with Crippen molar-refractivity contribution in [1.82, 2.24) is 5.32 Å². The Bertz CT molecular complexity index is 382. The molecule has 2 fully saturated rings. The Morgan fingerprint density at radius 1 is 1.29 bits per heavy atom. The molecule has 1 heterocycles. The van der Waals surface area contributed by atoms with Crippen molar-refractivity contribution in [3.05, 3.63) is 23.4 Å². The molecule has 1 saturated carbocycles. The van der Waals surface area contributed by atoms with Crippen LogP contribution in [0.2, 0.25) is 0 Å². The first-order valence-corrected chi connectivity index (χ1v) is 6.45. The maximum atomic E-state index is 11.2. The lowest BCUT2D eigenvalue weighted by molar-refractivity contribution is -0.111. The molecule has 2 aliphatic carbocycles. The van der Waals surface area contributed by atoms with Crippen molar-refractivity contribution in [2.45, 2.75) is 34.1 Å². The van der Waals surface area contributed by atoms with Crippen molar-refractivity contribution in [3.8, 4) is 0 Å². The lowest BCUT2D eigenvalue weighted by Crippen LogP contribution is -2.21. The Morgan fingerprint density at radius 2 is 1.94 bits per heavy atom. The number of hydrogen-bond donors (Lipinski definition) is 1. The van der Waals surface area contributed by atoms with Gasteiger partial charge in [0.1, 0.15) is 6.29 Å². The summed E-state index contributed by atoms with van der Waals surface area (Å²) >= 11 is 0. The van der Waals surface area contributed by atoms with Gasteiger partial charge in [-0.15, -0.1) is 0 Å². The molecule has 3 nitrogen and oxygen atoms in total. The van der Waals surface area contributed by atoms with E-state index < -0.39 is 0 Å². The van der Waals surface area contributed by atoms with Crippen LogP contribution in [0.15, 0.2) is 23.4 Å². The third kappa shape index (κ3) is 1.94. The largest absolute Gasteiger partial charge is 0.387 e. The molecule has 0 radical (unpaired) electrons. The molecule has 94 valence electrons. The first-order valence-electron chi connectivity index (χ1n) is 6.45. The van der Waals surface area contributed by atoms with Crippen molar-refractivity contribution >= 4 is 12.1 Å². The van der Waals surface area contributed by atoms with Gasteiger partial charge in [-0.1, -0.05) is 27.7 Å². The molecule has 1 saturated heterocycles. The molecule has 2 atom stereocenters. The molecular formula is C14H21NO2. The van der Waals surface area contributed by atoms with E-state index >= 15 is 0 Å². The summed E-state index contributed by atoms with van der Waals surface area (Å²) in [5.41, 5.74) is 1.56. The van der Waals surface area contributed by atoms with Gasteiger partial charge in [0.05, 0.1) is 0 Å². The Kier molecular flexibility index (Phi) is 4.27. The highest BCUT2D eigenvalue weighted by molar-refractivity contribution is 6.06. The van der Waals surface area contributed by atoms with Crippen molar-refractivity contribution in [1.29, 1.82) is 0 Å². The maximum Gasteiger partial charge on any atom is 0.180 e. The summed E-state index contributed by atoms with van der Waals surface area (Å²) in [5, 5.41) is 3.18. The van der Waals surface area contributed by atoms with Crippen molar-refractivity contribution in [2.75, 3.05) is 6.54 Å². The van der Waals surface area contributed by atoms with E-state index in [2.05, 4.69) is 5.32 Å². The van der Waals surface area contributed by atoms with E-state index in [1.807, 2.05) is 27.7 Å². The number of carbonyl (C=O) groups is 2. The highest BCUT2D eigenvalue weighted by Gasteiger charge is 2.63. The van der Waals surface area contributed by atoms with E-state index in [-0.39, 0.29) is 11.2 Å². The third-order valence-corrected chi connectivity index (χ3v) is 3.35. The number of ketones is 1. The zero-order chi connectivity index (χ0) is 13.1. The minimum absolute atomic E-state index is 0.0669. The first-order chi connectivity index (χ1) is 8.27. The van der Waals surface area contributed by atoms with Gasteiger partial charge in [0.2, 0.25) is 0 Å². The maximum absolute atomic E-state index is 11.2. The van der Waals surface area contributed by atoms with E-state index in [1.54, 1.807) is 6.08 Å². The number of rotatable bonds is 1. The summed E-state index contributed by atoms with van der Waals surface area (Å²) < 4.78 is 0. The molecule has 3 aliphatic rings. The van der Waals surface area contributed by atoms with Crippen LogP contribution in [0.4, 0.5) is 0 Å². The van der Waals surface area contributed by atoms with Crippen LogP contribution in [0, 0.1) is 11.3 Å². The minimum atomic E-state index is -0.0737. The zero-order valence-corrected chi connectivity index (χ0v) is 11.0. The lowest BCUT2D eigenvalue weighted by Gasteiger charge is -2.18. The molecule has 0 bridgehead atoms. The number of aldehydes is 1. The van der Waals surface area contributed by atoms with Crippen LogP contribution < -0.4 is 5.32 Å². The molecule has 0 aromatic heterocycles. The molecule has 0 amide bonds. The molecule has 0 aromatic carbocycles. The average Bonchev–Trinajstić information content (AvgIpc) is 3.01. The second kappa shape index (κ2) is 5.30. The third-order valence-electron chi connectivity index (χ3n) is 3.35. The molecule has 1 spiro atoms. The standard InChI is InChI=1S/C10H9NO2.2C2H6/c12-5-6-1-8(13)2-9-10(6)3-7(10)4-11-9;2*1-2/h1-2,5,7,11H,3-4H2;2*1-2H3. The van der Waals surface area contributed by atoms with E-state index in [4.69, 9.17) is 0 Å². The normalized spacial score (nSPS) is 31.1. The van der Waals surface area contributed by atoms with Crippen molar-refractivity contribution < 1.29 is 9.59 Å². The van der Waals surface area contributed by atoms with E-state index in [1.165, 1.54) is 6.08 Å². The fraction of sp³-hybridized carbons (Fsp3) is 0.571. The van der Waals surface area contributed by atoms with Crippen LogP contribution in [-0.4, -0.2) is 18.6 Å². The Balaban J connectivity index is 0.000000330. The molecule has 2 unspecified atom stereocenters. The van der Waals surface area contributed by atoms with E-state index in [0.29, 0.717) is 11.5 Å². The lowest BCUT2D eigenvalue weighted by atomic mass is 9.87. The average molecular weight is 235 g/mol. The summed E-state index contributed by atoms with van der Waals surface area (Å²) in [6.45, 7) is 8.91. The molecule has 1 N–H and O–H groups in total.